The van der Waals surface area contributed by atoms with Crippen molar-refractivity contribution in [1.82, 2.24) is 24.6 Å². The molecule has 0 aliphatic carbocycles. The molecular weight excluding hydrogens is 262 g/mol. The third-order valence-corrected chi connectivity index (χ3v) is 3.38. The van der Waals surface area contributed by atoms with E-state index in [1.165, 1.54) is 0 Å². The molecule has 0 saturated carbocycles. The SMILES string of the molecule is Cc1nc(-c2cccc(-c3cn4ccccc4n3)c2)n[nH]1. The summed E-state index contributed by atoms with van der Waals surface area (Å²) in [6.07, 6.45) is 4.02. The Hall–Kier alpha value is -2.95. The van der Waals surface area contributed by atoms with Gasteiger partial charge in [-0.25, -0.2) is 9.97 Å². The molecule has 1 N–H and O–H groups in total. The van der Waals surface area contributed by atoms with Crippen molar-refractivity contribution in [3.63, 3.8) is 0 Å². The monoisotopic (exact) mass is 275 g/mol. The van der Waals surface area contributed by atoms with Gasteiger partial charge in [-0.2, -0.15) is 5.10 Å². The predicted molar refractivity (Wildman–Crippen MR) is 80.7 cm³/mol. The number of fused-ring (bicyclic) bond motifs is 1. The van der Waals surface area contributed by atoms with Gasteiger partial charge < -0.3 is 4.40 Å². The molecule has 0 atom stereocenters. The number of H-pyrrole nitrogens is 1. The van der Waals surface area contributed by atoms with Crippen LogP contribution in [0.4, 0.5) is 0 Å². The van der Waals surface area contributed by atoms with Crippen molar-refractivity contribution >= 4 is 5.65 Å². The van der Waals surface area contributed by atoms with E-state index >= 15 is 0 Å². The number of nitrogens with one attached hydrogen (secondary N) is 1. The maximum atomic E-state index is 4.64. The number of aromatic nitrogens is 5. The lowest BCUT2D eigenvalue weighted by atomic mass is 10.1. The summed E-state index contributed by atoms with van der Waals surface area (Å²) in [6.45, 7) is 1.89. The Kier molecular flexibility index (Phi) is 2.57. The van der Waals surface area contributed by atoms with Crippen LogP contribution >= 0.6 is 0 Å². The molecule has 21 heavy (non-hydrogen) atoms. The lowest BCUT2D eigenvalue weighted by Crippen LogP contribution is -1.83. The van der Waals surface area contributed by atoms with Gasteiger partial charge in [0.05, 0.1) is 5.69 Å². The zero-order valence-electron chi connectivity index (χ0n) is 11.5. The molecule has 0 aliphatic heterocycles. The summed E-state index contributed by atoms with van der Waals surface area (Å²) < 4.78 is 2.01. The molecule has 4 rings (SSSR count). The van der Waals surface area contributed by atoms with Crippen LogP contribution in [0.15, 0.2) is 54.9 Å². The van der Waals surface area contributed by atoms with Crippen molar-refractivity contribution in [2.24, 2.45) is 0 Å². The van der Waals surface area contributed by atoms with Crippen molar-refractivity contribution in [3.05, 3.63) is 60.7 Å². The normalized spacial score (nSPS) is 11.1. The Labute approximate surface area is 121 Å². The molecule has 0 aliphatic rings. The molecule has 102 valence electrons. The lowest BCUT2D eigenvalue weighted by molar-refractivity contribution is 1.04. The first-order valence-electron chi connectivity index (χ1n) is 6.73. The average molecular weight is 275 g/mol. The van der Waals surface area contributed by atoms with E-state index < -0.39 is 0 Å². The zero-order chi connectivity index (χ0) is 14.2. The molecule has 0 fully saturated rings. The molecule has 5 heteroatoms. The van der Waals surface area contributed by atoms with Crippen molar-refractivity contribution in [3.8, 4) is 22.6 Å². The highest BCUT2D eigenvalue weighted by molar-refractivity contribution is 5.69. The van der Waals surface area contributed by atoms with Gasteiger partial charge in [-0.05, 0) is 25.1 Å². The van der Waals surface area contributed by atoms with E-state index in [1.54, 1.807) is 0 Å². The Morgan fingerprint density at radius 3 is 2.71 bits per heavy atom. The number of nitrogens with zero attached hydrogens (tertiary/aromatic N) is 4. The number of hydrogen-bond donors (Lipinski definition) is 1. The van der Waals surface area contributed by atoms with Crippen LogP contribution in [0.1, 0.15) is 5.82 Å². The highest BCUT2D eigenvalue weighted by Gasteiger charge is 2.08. The fourth-order valence-electron chi connectivity index (χ4n) is 2.36. The van der Waals surface area contributed by atoms with Crippen LogP contribution in [0.3, 0.4) is 0 Å². The minimum absolute atomic E-state index is 0.707. The minimum atomic E-state index is 0.707. The first-order valence-corrected chi connectivity index (χ1v) is 6.73. The van der Waals surface area contributed by atoms with Crippen LogP contribution in [0.2, 0.25) is 0 Å². The van der Waals surface area contributed by atoms with E-state index in [9.17, 15) is 0 Å². The Bertz CT molecular complexity index is 886. The van der Waals surface area contributed by atoms with Crippen LogP contribution in [-0.4, -0.2) is 24.6 Å². The van der Waals surface area contributed by atoms with E-state index in [4.69, 9.17) is 0 Å². The van der Waals surface area contributed by atoms with Crippen LogP contribution in [0.5, 0.6) is 0 Å². The summed E-state index contributed by atoms with van der Waals surface area (Å²) in [5.41, 5.74) is 3.91. The number of pyridine rings is 1. The summed E-state index contributed by atoms with van der Waals surface area (Å²) in [4.78, 5) is 9.00. The van der Waals surface area contributed by atoms with E-state index in [0.29, 0.717) is 5.82 Å². The molecule has 5 nitrogen and oxygen atoms in total. The number of aryl methyl sites for hydroxylation is 1. The molecule has 0 radical (unpaired) electrons. The fourth-order valence-corrected chi connectivity index (χ4v) is 2.36. The number of rotatable bonds is 2. The molecule has 3 heterocycles. The highest BCUT2D eigenvalue weighted by Crippen LogP contribution is 2.24. The molecular formula is C16H13N5. The molecule has 0 saturated heterocycles. The summed E-state index contributed by atoms with van der Waals surface area (Å²) in [5.74, 6) is 1.52. The summed E-state index contributed by atoms with van der Waals surface area (Å²) >= 11 is 0. The third-order valence-electron chi connectivity index (χ3n) is 3.38. The molecule has 3 aromatic heterocycles. The number of aromatic amines is 1. The van der Waals surface area contributed by atoms with Crippen LogP contribution in [0.25, 0.3) is 28.3 Å². The summed E-state index contributed by atoms with van der Waals surface area (Å²) in [5, 5.41) is 7.07. The fraction of sp³-hybridized carbons (Fsp3) is 0.0625. The number of benzene rings is 1. The Morgan fingerprint density at radius 2 is 1.90 bits per heavy atom. The summed E-state index contributed by atoms with van der Waals surface area (Å²) in [7, 11) is 0. The maximum Gasteiger partial charge on any atom is 0.181 e. The van der Waals surface area contributed by atoms with Gasteiger partial charge in [-0.15, -0.1) is 0 Å². The second-order valence-electron chi connectivity index (χ2n) is 4.92. The quantitative estimate of drug-likeness (QED) is 0.611. The van der Waals surface area contributed by atoms with Gasteiger partial charge in [0.2, 0.25) is 0 Å². The smallest absolute Gasteiger partial charge is 0.181 e. The van der Waals surface area contributed by atoms with Gasteiger partial charge in [-0.3, -0.25) is 5.10 Å². The molecule has 4 aromatic rings. The molecule has 0 spiro atoms. The zero-order valence-corrected chi connectivity index (χ0v) is 11.5. The van der Waals surface area contributed by atoms with E-state index in [0.717, 1.165) is 28.3 Å². The predicted octanol–water partition coefficient (Wildman–Crippen LogP) is 3.09. The Balaban J connectivity index is 1.81. The van der Waals surface area contributed by atoms with Gasteiger partial charge in [0.15, 0.2) is 5.82 Å². The van der Waals surface area contributed by atoms with Gasteiger partial charge in [0, 0.05) is 23.5 Å². The van der Waals surface area contributed by atoms with Crippen LogP contribution in [-0.2, 0) is 0 Å². The number of imidazole rings is 1. The molecule has 0 amide bonds. The number of hydrogen-bond acceptors (Lipinski definition) is 3. The van der Waals surface area contributed by atoms with E-state index in [-0.39, 0.29) is 0 Å². The van der Waals surface area contributed by atoms with Crippen molar-refractivity contribution < 1.29 is 0 Å². The lowest BCUT2D eigenvalue weighted by Gasteiger charge is -1.99. The third kappa shape index (κ3) is 2.08. The van der Waals surface area contributed by atoms with Crippen LogP contribution < -0.4 is 0 Å². The second-order valence-corrected chi connectivity index (χ2v) is 4.92. The molecule has 1 aromatic carbocycles. The van der Waals surface area contributed by atoms with E-state index in [2.05, 4.69) is 26.2 Å². The highest BCUT2D eigenvalue weighted by atomic mass is 15.2. The van der Waals surface area contributed by atoms with E-state index in [1.807, 2.05) is 60.1 Å². The van der Waals surface area contributed by atoms with Gasteiger partial charge in [0.25, 0.3) is 0 Å². The van der Waals surface area contributed by atoms with Crippen molar-refractivity contribution in [1.29, 1.82) is 0 Å². The standard InChI is InChI=1S/C16H13N5/c1-11-17-16(20-19-11)13-6-4-5-12(9-13)14-10-21-8-3-2-7-15(21)18-14/h2-10H,1H3,(H,17,19,20). The Morgan fingerprint density at radius 1 is 1.00 bits per heavy atom. The second kappa shape index (κ2) is 4.56. The van der Waals surface area contributed by atoms with Crippen molar-refractivity contribution in [2.75, 3.05) is 0 Å². The molecule has 0 unspecified atom stereocenters. The topological polar surface area (TPSA) is 58.9 Å². The first-order chi connectivity index (χ1) is 10.3. The minimum Gasteiger partial charge on any atom is -0.306 e. The molecule has 0 bridgehead atoms. The van der Waals surface area contributed by atoms with Gasteiger partial charge in [0.1, 0.15) is 11.5 Å². The van der Waals surface area contributed by atoms with Gasteiger partial charge in [-0.1, -0.05) is 24.3 Å². The van der Waals surface area contributed by atoms with Crippen molar-refractivity contribution in [2.45, 2.75) is 6.92 Å². The largest absolute Gasteiger partial charge is 0.306 e. The first kappa shape index (κ1) is 11.8. The maximum absolute atomic E-state index is 4.64. The van der Waals surface area contributed by atoms with Gasteiger partial charge >= 0.3 is 0 Å². The summed E-state index contributed by atoms with van der Waals surface area (Å²) in [6, 6.07) is 14.1. The van der Waals surface area contributed by atoms with Crippen LogP contribution in [0, 0.1) is 6.92 Å². The average Bonchev–Trinajstić information content (AvgIpc) is 3.13.